The zero-order valence-corrected chi connectivity index (χ0v) is 7.90. The molecule has 0 bridgehead atoms. The minimum Gasteiger partial charge on any atom is -0.389 e. The van der Waals surface area contributed by atoms with Gasteiger partial charge < -0.3 is 10.0 Å². The van der Waals surface area contributed by atoms with Crippen LogP contribution in [0.1, 0.15) is 25.0 Å². The molecule has 13 heavy (non-hydrogen) atoms. The van der Waals surface area contributed by atoms with Gasteiger partial charge in [-0.15, -0.1) is 0 Å². The van der Waals surface area contributed by atoms with Crippen molar-refractivity contribution in [3.63, 3.8) is 0 Å². The summed E-state index contributed by atoms with van der Waals surface area (Å²) in [6.45, 7) is 4.08. The molecule has 1 atom stereocenters. The zero-order valence-electron chi connectivity index (χ0n) is 7.90. The maximum atomic E-state index is 9.55. The lowest BCUT2D eigenvalue weighted by Crippen LogP contribution is -2.37. The molecular formula is C11H15NO. The molecule has 70 valence electrons. The molecule has 0 aliphatic carbocycles. The molecule has 0 aromatic heterocycles. The van der Waals surface area contributed by atoms with Crippen LogP contribution in [0.3, 0.4) is 0 Å². The smallest absolute Gasteiger partial charge is 0.0781 e. The van der Waals surface area contributed by atoms with Gasteiger partial charge in [-0.3, -0.25) is 0 Å². The molecule has 1 heterocycles. The van der Waals surface area contributed by atoms with Crippen molar-refractivity contribution in [2.75, 3.05) is 18.0 Å². The Morgan fingerprint density at radius 1 is 1.31 bits per heavy atom. The molecule has 0 spiro atoms. The molecule has 0 radical (unpaired) electrons. The summed E-state index contributed by atoms with van der Waals surface area (Å²) < 4.78 is 0. The molecule has 1 aromatic carbocycles. The Hall–Kier alpha value is -1.02. The van der Waals surface area contributed by atoms with Gasteiger partial charge in [0.05, 0.1) is 6.10 Å². The number of aliphatic hydroxyl groups excluding tert-OH is 1. The van der Waals surface area contributed by atoms with Crippen molar-refractivity contribution < 1.29 is 5.11 Å². The molecule has 2 rings (SSSR count). The topological polar surface area (TPSA) is 23.5 Å². The van der Waals surface area contributed by atoms with Crippen LogP contribution in [0.4, 0.5) is 5.69 Å². The molecular weight excluding hydrogens is 162 g/mol. The molecule has 1 aliphatic rings. The number of aliphatic hydroxyl groups is 1. The highest BCUT2D eigenvalue weighted by atomic mass is 16.3. The van der Waals surface area contributed by atoms with E-state index >= 15 is 0 Å². The van der Waals surface area contributed by atoms with Crippen LogP contribution in [0, 0.1) is 0 Å². The Morgan fingerprint density at radius 2 is 2.00 bits per heavy atom. The lowest BCUT2D eigenvalue weighted by Gasteiger charge is -2.35. The summed E-state index contributed by atoms with van der Waals surface area (Å²) in [4.78, 5) is 2.31. The summed E-state index contributed by atoms with van der Waals surface area (Å²) in [6, 6.07) is 8.09. The first-order chi connectivity index (χ1) is 6.29. The average Bonchev–Trinajstić information content (AvgIpc) is 2.02. The summed E-state index contributed by atoms with van der Waals surface area (Å²) >= 11 is 0. The highest BCUT2D eigenvalue weighted by Gasteiger charge is 2.18. The summed E-state index contributed by atoms with van der Waals surface area (Å²) in [5.74, 6) is 0. The molecule has 1 fully saturated rings. The summed E-state index contributed by atoms with van der Waals surface area (Å²) in [7, 11) is 0. The van der Waals surface area contributed by atoms with Crippen molar-refractivity contribution in [2.45, 2.75) is 19.4 Å². The fourth-order valence-electron chi connectivity index (χ4n) is 1.69. The fourth-order valence-corrected chi connectivity index (χ4v) is 1.69. The van der Waals surface area contributed by atoms with Gasteiger partial charge in [-0.2, -0.15) is 0 Å². The van der Waals surface area contributed by atoms with E-state index in [-0.39, 0.29) is 6.10 Å². The minimum absolute atomic E-state index is 0.364. The molecule has 1 aliphatic heterocycles. The van der Waals surface area contributed by atoms with Crippen LogP contribution in [0.5, 0.6) is 0 Å². The van der Waals surface area contributed by atoms with Crippen LogP contribution in [-0.4, -0.2) is 18.2 Å². The van der Waals surface area contributed by atoms with Crippen LogP contribution in [0.2, 0.25) is 0 Å². The predicted molar refractivity (Wildman–Crippen MR) is 53.9 cm³/mol. The third-order valence-electron chi connectivity index (χ3n) is 2.58. The number of benzene rings is 1. The maximum absolute atomic E-state index is 9.55. The van der Waals surface area contributed by atoms with Crippen LogP contribution in [-0.2, 0) is 0 Å². The lowest BCUT2D eigenvalue weighted by atomic mass is 10.0. The molecule has 1 N–H and O–H groups in total. The van der Waals surface area contributed by atoms with Crippen molar-refractivity contribution in [3.8, 4) is 0 Å². The van der Waals surface area contributed by atoms with Crippen LogP contribution < -0.4 is 4.90 Å². The fraction of sp³-hybridized carbons (Fsp3) is 0.455. The van der Waals surface area contributed by atoms with E-state index < -0.39 is 0 Å². The second-order valence-corrected chi connectivity index (χ2v) is 3.58. The number of nitrogens with zero attached hydrogens (tertiary/aromatic N) is 1. The van der Waals surface area contributed by atoms with Crippen molar-refractivity contribution in [1.29, 1.82) is 0 Å². The van der Waals surface area contributed by atoms with Crippen LogP contribution in [0.15, 0.2) is 24.3 Å². The highest BCUT2D eigenvalue weighted by molar-refractivity contribution is 5.55. The third-order valence-corrected chi connectivity index (χ3v) is 2.58. The lowest BCUT2D eigenvalue weighted by molar-refractivity contribution is 0.199. The van der Waals surface area contributed by atoms with Gasteiger partial charge in [0.1, 0.15) is 0 Å². The first-order valence-electron chi connectivity index (χ1n) is 4.81. The Morgan fingerprint density at radius 3 is 2.54 bits per heavy atom. The van der Waals surface area contributed by atoms with Gasteiger partial charge in [0.15, 0.2) is 0 Å². The summed E-state index contributed by atoms with van der Waals surface area (Å²) in [5, 5.41) is 9.55. The first-order valence-corrected chi connectivity index (χ1v) is 4.81. The minimum atomic E-state index is -0.364. The van der Waals surface area contributed by atoms with Crippen molar-refractivity contribution in [2.24, 2.45) is 0 Å². The average molecular weight is 177 g/mol. The van der Waals surface area contributed by atoms with Gasteiger partial charge in [-0.25, -0.2) is 0 Å². The van der Waals surface area contributed by atoms with E-state index in [4.69, 9.17) is 0 Å². The van der Waals surface area contributed by atoms with Gasteiger partial charge in [0.2, 0.25) is 0 Å². The Balaban J connectivity index is 2.31. The first kappa shape index (κ1) is 8.57. The zero-order chi connectivity index (χ0) is 9.26. The number of anilines is 1. The summed E-state index contributed by atoms with van der Waals surface area (Å²) in [6.07, 6.45) is 0.908. The SMILES string of the molecule is C[C@H](O)c1ccccc1N1CCC1. The highest BCUT2D eigenvalue weighted by Crippen LogP contribution is 2.28. The number of rotatable bonds is 2. The predicted octanol–water partition coefficient (Wildman–Crippen LogP) is 1.95. The van der Waals surface area contributed by atoms with Crippen LogP contribution in [0.25, 0.3) is 0 Å². The Kier molecular flexibility index (Phi) is 2.23. The van der Waals surface area contributed by atoms with Gasteiger partial charge in [-0.1, -0.05) is 18.2 Å². The molecule has 0 saturated carbocycles. The molecule has 0 amide bonds. The largest absolute Gasteiger partial charge is 0.389 e. The van der Waals surface area contributed by atoms with Gasteiger partial charge in [-0.05, 0) is 19.4 Å². The van der Waals surface area contributed by atoms with E-state index in [1.54, 1.807) is 0 Å². The third kappa shape index (κ3) is 1.54. The van der Waals surface area contributed by atoms with Gasteiger partial charge in [0.25, 0.3) is 0 Å². The summed E-state index contributed by atoms with van der Waals surface area (Å²) in [5.41, 5.74) is 2.24. The van der Waals surface area contributed by atoms with E-state index in [2.05, 4.69) is 11.0 Å². The van der Waals surface area contributed by atoms with Crippen molar-refractivity contribution in [1.82, 2.24) is 0 Å². The van der Waals surface area contributed by atoms with E-state index in [1.165, 1.54) is 12.1 Å². The quantitative estimate of drug-likeness (QED) is 0.746. The molecule has 1 aromatic rings. The molecule has 2 nitrogen and oxygen atoms in total. The van der Waals surface area contributed by atoms with Crippen molar-refractivity contribution in [3.05, 3.63) is 29.8 Å². The van der Waals surface area contributed by atoms with Gasteiger partial charge >= 0.3 is 0 Å². The molecule has 0 unspecified atom stereocenters. The van der Waals surface area contributed by atoms with Crippen LogP contribution >= 0.6 is 0 Å². The number of para-hydroxylation sites is 1. The van der Waals surface area contributed by atoms with Gasteiger partial charge in [0, 0.05) is 24.3 Å². The molecule has 2 heteroatoms. The Labute approximate surface area is 78.8 Å². The van der Waals surface area contributed by atoms with E-state index in [0.29, 0.717) is 0 Å². The van der Waals surface area contributed by atoms with E-state index in [1.807, 2.05) is 25.1 Å². The standard InChI is InChI=1S/C11H15NO/c1-9(13)10-5-2-3-6-11(10)12-7-4-8-12/h2-3,5-6,9,13H,4,7-8H2,1H3/t9-/m0/s1. The normalized spacial score (nSPS) is 18.2. The monoisotopic (exact) mass is 177 g/mol. The van der Waals surface area contributed by atoms with Crippen molar-refractivity contribution >= 4 is 5.69 Å². The number of hydrogen-bond donors (Lipinski definition) is 1. The second-order valence-electron chi connectivity index (χ2n) is 3.58. The van der Waals surface area contributed by atoms with E-state index in [9.17, 15) is 5.11 Å². The molecule has 1 saturated heterocycles. The number of hydrogen-bond acceptors (Lipinski definition) is 2. The van der Waals surface area contributed by atoms with E-state index in [0.717, 1.165) is 18.7 Å². The maximum Gasteiger partial charge on any atom is 0.0781 e. The Bertz CT molecular complexity index is 292. The second kappa shape index (κ2) is 3.38.